The molecular formula is C14H20ClN5O. The summed E-state index contributed by atoms with van der Waals surface area (Å²) < 4.78 is 3.60. The molecule has 0 saturated carbocycles. The zero-order valence-electron chi connectivity index (χ0n) is 12.6. The van der Waals surface area contributed by atoms with Crippen molar-refractivity contribution in [1.82, 2.24) is 24.5 Å². The van der Waals surface area contributed by atoms with E-state index in [0.29, 0.717) is 24.5 Å². The summed E-state index contributed by atoms with van der Waals surface area (Å²) in [7, 11) is 1.79. The molecule has 0 bridgehead atoms. The van der Waals surface area contributed by atoms with Gasteiger partial charge in [-0.15, -0.1) is 0 Å². The van der Waals surface area contributed by atoms with E-state index in [9.17, 15) is 4.79 Å². The van der Waals surface area contributed by atoms with Crippen LogP contribution < -0.4 is 0 Å². The van der Waals surface area contributed by atoms with Gasteiger partial charge in [0.1, 0.15) is 0 Å². The van der Waals surface area contributed by atoms with Crippen molar-refractivity contribution in [3.05, 3.63) is 34.9 Å². The van der Waals surface area contributed by atoms with Gasteiger partial charge in [0.05, 0.1) is 35.7 Å². The van der Waals surface area contributed by atoms with Crippen LogP contribution in [-0.2, 0) is 24.4 Å². The van der Waals surface area contributed by atoms with E-state index in [1.807, 2.05) is 30.8 Å². The van der Waals surface area contributed by atoms with Crippen LogP contribution >= 0.6 is 11.6 Å². The van der Waals surface area contributed by atoms with Crippen LogP contribution in [0.2, 0.25) is 5.02 Å². The summed E-state index contributed by atoms with van der Waals surface area (Å²) >= 11 is 5.94. The minimum Gasteiger partial charge on any atom is -0.340 e. The lowest BCUT2D eigenvalue weighted by atomic mass is 10.3. The van der Waals surface area contributed by atoms with Crippen LogP contribution in [-0.4, -0.2) is 37.4 Å². The third-order valence-corrected chi connectivity index (χ3v) is 3.80. The first-order valence-electron chi connectivity index (χ1n) is 6.95. The number of aryl methyl sites for hydroxylation is 2. The van der Waals surface area contributed by atoms with Crippen LogP contribution in [0.25, 0.3) is 0 Å². The fourth-order valence-electron chi connectivity index (χ4n) is 2.04. The van der Waals surface area contributed by atoms with Crippen molar-refractivity contribution in [3.63, 3.8) is 0 Å². The molecule has 0 radical (unpaired) electrons. The van der Waals surface area contributed by atoms with Crippen LogP contribution in [0.5, 0.6) is 0 Å². The zero-order valence-corrected chi connectivity index (χ0v) is 13.3. The molecule has 0 aromatic carbocycles. The van der Waals surface area contributed by atoms with E-state index < -0.39 is 0 Å². The molecule has 6 nitrogen and oxygen atoms in total. The highest BCUT2D eigenvalue weighted by Gasteiger charge is 2.12. The second-order valence-electron chi connectivity index (χ2n) is 4.96. The zero-order chi connectivity index (χ0) is 15.4. The molecule has 0 aliphatic rings. The second-order valence-corrected chi connectivity index (χ2v) is 5.37. The van der Waals surface area contributed by atoms with Crippen molar-refractivity contribution in [2.24, 2.45) is 0 Å². The summed E-state index contributed by atoms with van der Waals surface area (Å²) in [4.78, 5) is 13.8. The van der Waals surface area contributed by atoms with Crippen molar-refractivity contribution in [1.29, 1.82) is 0 Å². The SMILES string of the molecule is CCn1ccc(CN(C)C(=O)CCn2ncc(Cl)c2C)n1. The number of hydrogen-bond donors (Lipinski definition) is 0. The lowest BCUT2D eigenvalue weighted by Gasteiger charge is -2.16. The summed E-state index contributed by atoms with van der Waals surface area (Å²) in [5, 5.41) is 9.14. The van der Waals surface area contributed by atoms with Crippen molar-refractivity contribution >= 4 is 17.5 Å². The molecule has 2 aromatic rings. The minimum atomic E-state index is 0.0621. The van der Waals surface area contributed by atoms with E-state index in [1.165, 1.54) is 0 Å². The minimum absolute atomic E-state index is 0.0621. The molecule has 0 aliphatic heterocycles. The van der Waals surface area contributed by atoms with Crippen molar-refractivity contribution in [2.75, 3.05) is 7.05 Å². The van der Waals surface area contributed by atoms with E-state index in [2.05, 4.69) is 10.2 Å². The predicted octanol–water partition coefficient (Wildman–Crippen LogP) is 2.11. The molecule has 0 aliphatic carbocycles. The lowest BCUT2D eigenvalue weighted by molar-refractivity contribution is -0.130. The molecule has 0 spiro atoms. The van der Waals surface area contributed by atoms with E-state index >= 15 is 0 Å². The highest BCUT2D eigenvalue weighted by atomic mass is 35.5. The Bertz CT molecular complexity index is 619. The van der Waals surface area contributed by atoms with Crippen molar-refractivity contribution in [2.45, 2.75) is 39.9 Å². The van der Waals surface area contributed by atoms with Gasteiger partial charge in [-0.3, -0.25) is 14.2 Å². The Morgan fingerprint density at radius 3 is 2.81 bits per heavy atom. The topological polar surface area (TPSA) is 56.0 Å². The monoisotopic (exact) mass is 309 g/mol. The molecule has 2 aromatic heterocycles. The number of rotatable bonds is 6. The number of carbonyl (C=O) groups excluding carboxylic acids is 1. The Balaban J connectivity index is 1.86. The van der Waals surface area contributed by atoms with Crippen LogP contribution in [0, 0.1) is 6.92 Å². The Morgan fingerprint density at radius 1 is 1.48 bits per heavy atom. The molecule has 21 heavy (non-hydrogen) atoms. The number of amides is 1. The maximum Gasteiger partial charge on any atom is 0.224 e. The number of halogens is 1. The van der Waals surface area contributed by atoms with Gasteiger partial charge in [0.2, 0.25) is 5.91 Å². The first-order chi connectivity index (χ1) is 10.0. The average molecular weight is 310 g/mol. The van der Waals surface area contributed by atoms with Gasteiger partial charge in [0.25, 0.3) is 0 Å². The molecular weight excluding hydrogens is 290 g/mol. The molecule has 1 amide bonds. The molecule has 0 N–H and O–H groups in total. The third-order valence-electron chi connectivity index (χ3n) is 3.43. The van der Waals surface area contributed by atoms with E-state index in [4.69, 9.17) is 11.6 Å². The van der Waals surface area contributed by atoms with Gasteiger partial charge in [-0.1, -0.05) is 11.6 Å². The third kappa shape index (κ3) is 3.85. The number of hydrogen-bond acceptors (Lipinski definition) is 3. The standard InChI is InChI=1S/C14H20ClN5O/c1-4-19-7-5-12(17-19)10-18(3)14(21)6-8-20-11(2)13(15)9-16-20/h5,7,9H,4,6,8,10H2,1-3H3. The number of aromatic nitrogens is 4. The Kier molecular flexibility index (Phi) is 5.01. The first kappa shape index (κ1) is 15.6. The summed E-state index contributed by atoms with van der Waals surface area (Å²) in [6.45, 7) is 5.80. The van der Waals surface area contributed by atoms with Gasteiger partial charge in [-0.05, 0) is 19.9 Å². The van der Waals surface area contributed by atoms with Crippen molar-refractivity contribution in [3.8, 4) is 0 Å². The average Bonchev–Trinajstić information content (AvgIpc) is 3.05. The number of nitrogens with zero attached hydrogens (tertiary/aromatic N) is 5. The summed E-state index contributed by atoms with van der Waals surface area (Å²) in [6, 6.07) is 1.94. The fourth-order valence-corrected chi connectivity index (χ4v) is 2.18. The van der Waals surface area contributed by atoms with Crippen molar-refractivity contribution < 1.29 is 4.79 Å². The Morgan fingerprint density at radius 2 is 2.24 bits per heavy atom. The maximum atomic E-state index is 12.1. The maximum absolute atomic E-state index is 12.1. The summed E-state index contributed by atoms with van der Waals surface area (Å²) in [6.07, 6.45) is 3.91. The van der Waals surface area contributed by atoms with Gasteiger partial charge in [0.15, 0.2) is 0 Å². The molecule has 0 unspecified atom stereocenters. The largest absolute Gasteiger partial charge is 0.340 e. The smallest absolute Gasteiger partial charge is 0.224 e. The quantitative estimate of drug-likeness (QED) is 0.821. The molecule has 2 heterocycles. The first-order valence-corrected chi connectivity index (χ1v) is 7.33. The summed E-state index contributed by atoms with van der Waals surface area (Å²) in [5.74, 6) is 0.0621. The highest BCUT2D eigenvalue weighted by molar-refractivity contribution is 6.31. The number of carbonyl (C=O) groups is 1. The summed E-state index contributed by atoms with van der Waals surface area (Å²) in [5.41, 5.74) is 1.78. The Labute approximate surface area is 129 Å². The van der Waals surface area contributed by atoms with Gasteiger partial charge < -0.3 is 4.90 Å². The Hall–Kier alpha value is -1.82. The molecule has 0 saturated heterocycles. The second kappa shape index (κ2) is 6.76. The van der Waals surface area contributed by atoms with E-state index in [-0.39, 0.29) is 5.91 Å². The fraction of sp³-hybridized carbons (Fsp3) is 0.500. The van der Waals surface area contributed by atoms with Gasteiger partial charge >= 0.3 is 0 Å². The van der Waals surface area contributed by atoms with Crippen LogP contribution in [0.1, 0.15) is 24.7 Å². The normalized spacial score (nSPS) is 10.9. The van der Waals surface area contributed by atoms with Crippen LogP contribution in [0.4, 0.5) is 0 Å². The van der Waals surface area contributed by atoms with Gasteiger partial charge in [0, 0.05) is 26.2 Å². The molecule has 0 atom stereocenters. The van der Waals surface area contributed by atoms with Gasteiger partial charge in [-0.2, -0.15) is 10.2 Å². The van der Waals surface area contributed by atoms with Crippen LogP contribution in [0.15, 0.2) is 18.5 Å². The molecule has 0 fully saturated rings. The predicted molar refractivity (Wildman–Crippen MR) is 81.0 cm³/mol. The van der Waals surface area contributed by atoms with Crippen LogP contribution in [0.3, 0.4) is 0 Å². The van der Waals surface area contributed by atoms with Gasteiger partial charge in [-0.25, -0.2) is 0 Å². The highest BCUT2D eigenvalue weighted by Crippen LogP contribution is 2.13. The molecule has 114 valence electrons. The van der Waals surface area contributed by atoms with E-state index in [0.717, 1.165) is 17.9 Å². The molecule has 2 rings (SSSR count). The lowest BCUT2D eigenvalue weighted by Crippen LogP contribution is -2.27. The van der Waals surface area contributed by atoms with E-state index in [1.54, 1.807) is 22.8 Å². The molecule has 7 heteroatoms.